The van der Waals surface area contributed by atoms with E-state index in [1.165, 1.54) is 12.7 Å². The number of benzene rings is 2. The molecule has 5 nitrogen and oxygen atoms in total. The Hall–Kier alpha value is -2.79. The van der Waals surface area contributed by atoms with Crippen molar-refractivity contribution in [2.45, 2.75) is 33.6 Å². The molecular weight excluding hydrogens is 366 g/mol. The van der Waals surface area contributed by atoms with Gasteiger partial charge in [-0.2, -0.15) is 0 Å². The molecule has 0 aliphatic rings. The Morgan fingerprint density at radius 1 is 1.00 bits per heavy atom. The van der Waals surface area contributed by atoms with E-state index in [0.717, 1.165) is 41.0 Å². The number of nitrogens with zero attached hydrogens (tertiary/aromatic N) is 1. The summed E-state index contributed by atoms with van der Waals surface area (Å²) in [6.07, 6.45) is 7.53. The molecule has 0 unspecified atom stereocenters. The van der Waals surface area contributed by atoms with Crippen molar-refractivity contribution in [1.29, 1.82) is 0 Å². The molecule has 2 aromatic carbocycles. The molecule has 0 saturated heterocycles. The number of rotatable bonds is 12. The van der Waals surface area contributed by atoms with Crippen molar-refractivity contribution >= 4 is 6.21 Å². The van der Waals surface area contributed by atoms with Crippen LogP contribution in [-0.2, 0) is 16.0 Å². The van der Waals surface area contributed by atoms with Gasteiger partial charge in [-0.1, -0.05) is 41.6 Å². The second kappa shape index (κ2) is 12.6. The maximum Gasteiger partial charge on any atom is 0.189 e. The Morgan fingerprint density at radius 2 is 1.72 bits per heavy atom. The fraction of sp³-hybridized carbons (Fsp3) is 0.375. The van der Waals surface area contributed by atoms with Crippen molar-refractivity contribution < 1.29 is 19.0 Å². The van der Waals surface area contributed by atoms with E-state index in [2.05, 4.69) is 22.1 Å². The van der Waals surface area contributed by atoms with Gasteiger partial charge in [0.1, 0.15) is 25.2 Å². The molecule has 2 aromatic rings. The smallest absolute Gasteiger partial charge is 0.189 e. The summed E-state index contributed by atoms with van der Waals surface area (Å²) >= 11 is 0. The average Bonchev–Trinajstić information content (AvgIpc) is 2.71. The quantitative estimate of drug-likeness (QED) is 0.162. The SMILES string of the molecule is C/C=C/COc1cc(C)c(OCOCCCc2ccc(/C=N/OC)cc2)c(C)c1. The summed E-state index contributed by atoms with van der Waals surface area (Å²) < 4.78 is 17.2. The van der Waals surface area contributed by atoms with Gasteiger partial charge >= 0.3 is 0 Å². The Morgan fingerprint density at radius 3 is 2.38 bits per heavy atom. The third-order valence-corrected chi connectivity index (χ3v) is 4.34. The Kier molecular flexibility index (Phi) is 9.80. The van der Waals surface area contributed by atoms with Crippen molar-refractivity contribution in [3.05, 3.63) is 70.8 Å². The molecular formula is C24H31NO4. The summed E-state index contributed by atoms with van der Waals surface area (Å²) in [7, 11) is 1.53. The number of hydrogen-bond donors (Lipinski definition) is 0. The molecule has 0 atom stereocenters. The van der Waals surface area contributed by atoms with Crippen molar-refractivity contribution in [1.82, 2.24) is 0 Å². The summed E-state index contributed by atoms with van der Waals surface area (Å²) in [4.78, 5) is 4.68. The second-order valence-electron chi connectivity index (χ2n) is 6.70. The van der Waals surface area contributed by atoms with Gasteiger partial charge in [0.25, 0.3) is 0 Å². The van der Waals surface area contributed by atoms with Crippen molar-refractivity contribution in [2.75, 3.05) is 27.1 Å². The largest absolute Gasteiger partial charge is 0.490 e. The van der Waals surface area contributed by atoms with E-state index in [-0.39, 0.29) is 6.79 Å². The predicted octanol–water partition coefficient (Wildman–Crippen LogP) is 5.22. The van der Waals surface area contributed by atoms with Gasteiger partial charge in [0, 0.05) is 0 Å². The lowest BCUT2D eigenvalue weighted by Crippen LogP contribution is -2.07. The van der Waals surface area contributed by atoms with Crippen LogP contribution in [-0.4, -0.2) is 33.3 Å². The molecule has 0 amide bonds. The molecule has 0 N–H and O–H groups in total. The van der Waals surface area contributed by atoms with E-state index in [9.17, 15) is 0 Å². The van der Waals surface area contributed by atoms with Crippen LogP contribution in [0, 0.1) is 13.8 Å². The normalized spacial score (nSPS) is 11.3. The minimum absolute atomic E-state index is 0.243. The molecule has 5 heteroatoms. The highest BCUT2D eigenvalue weighted by atomic mass is 16.7. The van der Waals surface area contributed by atoms with Crippen LogP contribution in [0.25, 0.3) is 0 Å². The standard InChI is InChI=1S/C24H31NO4/c1-5-6-14-28-23-15-19(2)24(20(3)16-23)29-18-27-13-7-8-21-9-11-22(12-10-21)17-25-26-4/h5-6,9-12,15-17H,7-8,13-14,18H2,1-4H3/b6-5+,25-17+. The highest BCUT2D eigenvalue weighted by Crippen LogP contribution is 2.28. The Bertz CT molecular complexity index is 774. The van der Waals surface area contributed by atoms with Crippen LogP contribution in [0.2, 0.25) is 0 Å². The second-order valence-corrected chi connectivity index (χ2v) is 6.70. The summed E-state index contributed by atoms with van der Waals surface area (Å²) in [5.74, 6) is 1.71. The third kappa shape index (κ3) is 8.00. The average molecular weight is 398 g/mol. The van der Waals surface area contributed by atoms with E-state index in [1.807, 2.05) is 57.2 Å². The van der Waals surface area contributed by atoms with Crippen LogP contribution < -0.4 is 9.47 Å². The monoisotopic (exact) mass is 397 g/mol. The number of ether oxygens (including phenoxy) is 3. The van der Waals surface area contributed by atoms with Gasteiger partial charge in [0.05, 0.1) is 12.8 Å². The van der Waals surface area contributed by atoms with Crippen LogP contribution in [0.1, 0.15) is 35.6 Å². The Balaban J connectivity index is 1.70. The number of oxime groups is 1. The van der Waals surface area contributed by atoms with Gasteiger partial charge in [-0.3, -0.25) is 0 Å². The van der Waals surface area contributed by atoms with Crippen LogP contribution in [0.5, 0.6) is 11.5 Å². The van der Waals surface area contributed by atoms with Gasteiger partial charge < -0.3 is 19.0 Å². The van der Waals surface area contributed by atoms with Crippen LogP contribution >= 0.6 is 0 Å². The van der Waals surface area contributed by atoms with Crippen molar-refractivity contribution in [3.8, 4) is 11.5 Å². The molecule has 0 bridgehead atoms. The minimum atomic E-state index is 0.243. The van der Waals surface area contributed by atoms with Gasteiger partial charge in [0.2, 0.25) is 0 Å². The van der Waals surface area contributed by atoms with Crippen LogP contribution in [0.3, 0.4) is 0 Å². The topological polar surface area (TPSA) is 49.3 Å². The third-order valence-electron chi connectivity index (χ3n) is 4.34. The lowest BCUT2D eigenvalue weighted by Gasteiger charge is -2.14. The molecule has 0 fully saturated rings. The number of hydrogen-bond acceptors (Lipinski definition) is 5. The van der Waals surface area contributed by atoms with E-state index in [1.54, 1.807) is 6.21 Å². The predicted molar refractivity (Wildman–Crippen MR) is 117 cm³/mol. The molecule has 29 heavy (non-hydrogen) atoms. The molecule has 0 spiro atoms. The van der Waals surface area contributed by atoms with Gasteiger partial charge in [-0.25, -0.2) is 0 Å². The first-order chi connectivity index (χ1) is 14.1. The van der Waals surface area contributed by atoms with Crippen LogP contribution in [0.15, 0.2) is 53.7 Å². The zero-order valence-electron chi connectivity index (χ0n) is 17.8. The molecule has 2 rings (SSSR count). The first kappa shape index (κ1) is 22.5. The van der Waals surface area contributed by atoms with Crippen LogP contribution in [0.4, 0.5) is 0 Å². The molecule has 0 aliphatic heterocycles. The molecule has 0 aromatic heterocycles. The molecule has 156 valence electrons. The molecule has 0 aliphatic carbocycles. The maximum atomic E-state index is 5.84. The fourth-order valence-electron chi connectivity index (χ4n) is 2.88. The number of allylic oxidation sites excluding steroid dienone is 1. The first-order valence-corrected chi connectivity index (χ1v) is 9.85. The minimum Gasteiger partial charge on any atom is -0.490 e. The zero-order valence-corrected chi connectivity index (χ0v) is 17.8. The van der Waals surface area contributed by atoms with Gasteiger partial charge in [-0.05, 0) is 68.0 Å². The fourth-order valence-corrected chi connectivity index (χ4v) is 2.88. The van der Waals surface area contributed by atoms with Gasteiger partial charge in [-0.15, -0.1) is 0 Å². The maximum absolute atomic E-state index is 5.84. The van der Waals surface area contributed by atoms with E-state index in [0.29, 0.717) is 13.2 Å². The van der Waals surface area contributed by atoms with E-state index >= 15 is 0 Å². The summed E-state index contributed by atoms with van der Waals surface area (Å²) in [5, 5.41) is 3.76. The number of aryl methyl sites for hydroxylation is 3. The summed E-state index contributed by atoms with van der Waals surface area (Å²) in [6.45, 7) is 7.48. The zero-order chi connectivity index (χ0) is 20.9. The summed E-state index contributed by atoms with van der Waals surface area (Å²) in [5.41, 5.74) is 4.37. The lowest BCUT2D eigenvalue weighted by atomic mass is 10.1. The molecule has 0 radical (unpaired) electrons. The van der Waals surface area contributed by atoms with E-state index in [4.69, 9.17) is 14.2 Å². The van der Waals surface area contributed by atoms with Crippen molar-refractivity contribution in [3.63, 3.8) is 0 Å². The first-order valence-electron chi connectivity index (χ1n) is 9.85. The highest BCUT2D eigenvalue weighted by Gasteiger charge is 2.07. The van der Waals surface area contributed by atoms with E-state index < -0.39 is 0 Å². The Labute approximate surface area is 173 Å². The summed E-state index contributed by atoms with van der Waals surface area (Å²) in [6, 6.07) is 12.2. The molecule has 0 heterocycles. The highest BCUT2D eigenvalue weighted by molar-refractivity contribution is 5.79. The molecule has 0 saturated carbocycles. The lowest BCUT2D eigenvalue weighted by molar-refractivity contribution is 0.0135. The van der Waals surface area contributed by atoms with Gasteiger partial charge in [0.15, 0.2) is 6.79 Å². The van der Waals surface area contributed by atoms with Crippen molar-refractivity contribution in [2.24, 2.45) is 5.16 Å².